The summed E-state index contributed by atoms with van der Waals surface area (Å²) >= 11 is 5.22. The average molecular weight is 375 g/mol. The van der Waals surface area contributed by atoms with Crippen molar-refractivity contribution in [2.45, 2.75) is 38.2 Å². The van der Waals surface area contributed by atoms with E-state index in [4.69, 9.17) is 4.99 Å². The van der Waals surface area contributed by atoms with Crippen molar-refractivity contribution in [3.05, 3.63) is 34.3 Å². The van der Waals surface area contributed by atoms with Crippen molar-refractivity contribution >= 4 is 41.2 Å². The molecule has 0 aromatic heterocycles. The highest BCUT2D eigenvalue weighted by Crippen LogP contribution is 2.60. The van der Waals surface area contributed by atoms with Crippen molar-refractivity contribution in [1.82, 2.24) is 5.09 Å². The number of halogens is 1. The van der Waals surface area contributed by atoms with Crippen LogP contribution < -0.4 is 5.09 Å². The molecule has 1 heterocycles. The quantitative estimate of drug-likeness (QED) is 0.741. The molecule has 6 heteroatoms. The normalized spacial score (nSPS) is 29.8. The summed E-state index contributed by atoms with van der Waals surface area (Å²) in [7, 11) is -1.23. The molecule has 3 atom stereocenters. The van der Waals surface area contributed by atoms with Gasteiger partial charge in [0, 0.05) is 4.47 Å². The topological polar surface area (TPSA) is 44.6 Å². The highest BCUT2D eigenvalue weighted by atomic mass is 79.9. The molecule has 1 fully saturated rings. The molecule has 2 N–H and O–H groups in total. The number of rotatable bonds is 3. The van der Waals surface area contributed by atoms with Gasteiger partial charge in [-0.3, -0.25) is 4.99 Å². The van der Waals surface area contributed by atoms with Gasteiger partial charge in [0.1, 0.15) is 8.30 Å². The van der Waals surface area contributed by atoms with Crippen LogP contribution in [-0.4, -0.2) is 14.5 Å². The first-order chi connectivity index (χ1) is 9.34. The van der Waals surface area contributed by atoms with E-state index in [0.29, 0.717) is 5.92 Å². The molecule has 0 radical (unpaired) electrons. The molecule has 0 saturated carbocycles. The monoisotopic (exact) mass is 374 g/mol. The summed E-state index contributed by atoms with van der Waals surface area (Å²) in [6.45, 7) is 8.45. The largest absolute Gasteiger partial charge is 0.354 e. The minimum Gasteiger partial charge on any atom is -0.354 e. The average Bonchev–Trinajstić information content (AvgIpc) is 2.66. The van der Waals surface area contributed by atoms with E-state index in [9.17, 15) is 4.89 Å². The molecule has 1 aromatic carbocycles. The number of thioether (sulfide) groups is 1. The molecule has 1 aliphatic heterocycles. The SMILES string of the molecule is CC(C)C1(C)SC(=N[C@@H](C)c2ccccc2Br)NP1O. The molecular formula is C14H20BrN2OPS. The minimum atomic E-state index is -1.23. The van der Waals surface area contributed by atoms with Crippen LogP contribution in [0.15, 0.2) is 33.7 Å². The Balaban J connectivity index is 2.19. The molecule has 1 saturated heterocycles. The van der Waals surface area contributed by atoms with Crippen molar-refractivity contribution < 1.29 is 4.89 Å². The van der Waals surface area contributed by atoms with Gasteiger partial charge in [-0.2, -0.15) is 0 Å². The van der Waals surface area contributed by atoms with E-state index in [-0.39, 0.29) is 10.5 Å². The van der Waals surface area contributed by atoms with Crippen molar-refractivity contribution in [2.75, 3.05) is 0 Å². The maximum Gasteiger partial charge on any atom is 0.163 e. The third kappa shape index (κ3) is 3.22. The van der Waals surface area contributed by atoms with Gasteiger partial charge in [-0.05, 0) is 31.4 Å². The van der Waals surface area contributed by atoms with Crippen LogP contribution in [0.4, 0.5) is 0 Å². The fourth-order valence-corrected chi connectivity index (χ4v) is 5.53. The number of amidine groups is 1. The molecule has 3 nitrogen and oxygen atoms in total. The third-order valence-electron chi connectivity index (χ3n) is 3.66. The number of nitrogens with zero attached hydrogens (tertiary/aromatic N) is 1. The molecule has 20 heavy (non-hydrogen) atoms. The number of hydrogen-bond donors (Lipinski definition) is 2. The second-order valence-electron chi connectivity index (χ2n) is 5.37. The predicted octanol–water partition coefficient (Wildman–Crippen LogP) is 4.88. The number of nitrogens with one attached hydrogen (secondary N) is 1. The van der Waals surface area contributed by atoms with Gasteiger partial charge in [-0.1, -0.05) is 59.7 Å². The third-order valence-corrected chi connectivity index (χ3v) is 8.40. The molecule has 0 aliphatic carbocycles. The fourth-order valence-electron chi connectivity index (χ4n) is 1.94. The Morgan fingerprint density at radius 3 is 2.55 bits per heavy atom. The molecular weight excluding hydrogens is 355 g/mol. The predicted molar refractivity (Wildman–Crippen MR) is 93.1 cm³/mol. The molecule has 0 spiro atoms. The lowest BCUT2D eigenvalue weighted by atomic mass is 10.1. The summed E-state index contributed by atoms with van der Waals surface area (Å²) < 4.78 is 0.902. The Hall–Kier alpha value is -0.0900. The molecule has 1 aromatic rings. The van der Waals surface area contributed by atoms with Gasteiger partial charge < -0.3 is 9.98 Å². The molecule has 1 aliphatic rings. The maximum absolute atomic E-state index is 10.3. The Bertz CT molecular complexity index is 526. The van der Waals surface area contributed by atoms with Crippen LogP contribution in [0.5, 0.6) is 0 Å². The number of hydrogen-bond acceptors (Lipinski definition) is 3. The van der Waals surface area contributed by atoms with Crippen molar-refractivity contribution in [2.24, 2.45) is 10.9 Å². The van der Waals surface area contributed by atoms with Crippen LogP contribution in [0.2, 0.25) is 0 Å². The molecule has 110 valence electrons. The van der Waals surface area contributed by atoms with Gasteiger partial charge in [0.05, 0.1) is 10.5 Å². The Labute approximate surface area is 134 Å². The van der Waals surface area contributed by atoms with Crippen LogP contribution in [0, 0.1) is 5.92 Å². The Kier molecular flexibility index (Phi) is 5.17. The zero-order valence-electron chi connectivity index (χ0n) is 12.1. The lowest BCUT2D eigenvalue weighted by molar-refractivity contribution is 0.532. The second kappa shape index (κ2) is 6.35. The molecule has 2 rings (SSSR count). The summed E-state index contributed by atoms with van der Waals surface area (Å²) in [6, 6.07) is 8.17. The highest BCUT2D eigenvalue weighted by Gasteiger charge is 2.45. The number of benzene rings is 1. The van der Waals surface area contributed by atoms with E-state index in [0.717, 1.165) is 15.2 Å². The van der Waals surface area contributed by atoms with Crippen LogP contribution >= 0.6 is 36.0 Å². The van der Waals surface area contributed by atoms with E-state index >= 15 is 0 Å². The van der Waals surface area contributed by atoms with Crippen LogP contribution in [0.1, 0.15) is 39.3 Å². The Morgan fingerprint density at radius 1 is 1.35 bits per heavy atom. The van der Waals surface area contributed by atoms with Crippen molar-refractivity contribution in [3.8, 4) is 0 Å². The summed E-state index contributed by atoms with van der Waals surface area (Å²) in [6.07, 6.45) is 0. The lowest BCUT2D eigenvalue weighted by Crippen LogP contribution is -2.22. The van der Waals surface area contributed by atoms with E-state index in [1.807, 2.05) is 18.2 Å². The van der Waals surface area contributed by atoms with Crippen molar-refractivity contribution in [1.29, 1.82) is 0 Å². The molecule has 2 unspecified atom stereocenters. The molecule has 0 amide bonds. The highest BCUT2D eigenvalue weighted by molar-refractivity contribution is 9.10. The van der Waals surface area contributed by atoms with E-state index in [1.54, 1.807) is 11.8 Å². The maximum atomic E-state index is 10.3. The fraction of sp³-hybridized carbons (Fsp3) is 0.500. The van der Waals surface area contributed by atoms with Gasteiger partial charge in [0.2, 0.25) is 0 Å². The second-order valence-corrected chi connectivity index (χ2v) is 9.74. The zero-order chi connectivity index (χ0) is 14.9. The van der Waals surface area contributed by atoms with Gasteiger partial charge in [0.25, 0.3) is 0 Å². The summed E-state index contributed by atoms with van der Waals surface area (Å²) in [5.74, 6) is 0.391. The van der Waals surface area contributed by atoms with Crippen molar-refractivity contribution in [3.63, 3.8) is 0 Å². The minimum absolute atomic E-state index is 0.0542. The summed E-state index contributed by atoms with van der Waals surface area (Å²) in [4.78, 5) is 15.0. The zero-order valence-corrected chi connectivity index (χ0v) is 15.4. The lowest BCUT2D eigenvalue weighted by Gasteiger charge is -2.28. The summed E-state index contributed by atoms with van der Waals surface area (Å²) in [5.41, 5.74) is 1.16. The number of aliphatic imine (C=N–C) groups is 1. The first-order valence-electron chi connectivity index (χ1n) is 6.61. The van der Waals surface area contributed by atoms with Crippen LogP contribution in [-0.2, 0) is 0 Å². The van der Waals surface area contributed by atoms with Gasteiger partial charge in [0.15, 0.2) is 5.17 Å². The van der Waals surface area contributed by atoms with E-state index in [2.05, 4.69) is 54.8 Å². The first kappa shape index (κ1) is 16.3. The smallest absolute Gasteiger partial charge is 0.163 e. The first-order valence-corrected chi connectivity index (χ1v) is 9.52. The van der Waals surface area contributed by atoms with Gasteiger partial charge >= 0.3 is 0 Å². The van der Waals surface area contributed by atoms with Gasteiger partial charge in [-0.15, -0.1) is 0 Å². The van der Waals surface area contributed by atoms with Crippen LogP contribution in [0.25, 0.3) is 0 Å². The van der Waals surface area contributed by atoms with Gasteiger partial charge in [-0.25, -0.2) is 0 Å². The van der Waals surface area contributed by atoms with E-state index in [1.165, 1.54) is 0 Å². The standard InChI is InChI=1S/C14H20BrN2OPS/c1-9(2)14(4)19(18)17-13(20-14)16-10(3)11-7-5-6-8-12(11)15/h5-10,18H,1-4H3,(H,16,17)/t10-,14?,19?/m0/s1. The van der Waals surface area contributed by atoms with E-state index < -0.39 is 8.30 Å². The van der Waals surface area contributed by atoms with Crippen LogP contribution in [0.3, 0.4) is 0 Å². The Morgan fingerprint density at radius 2 is 2.00 bits per heavy atom. The molecule has 0 bridgehead atoms. The summed E-state index contributed by atoms with van der Waals surface area (Å²) in [5, 5.41) is 4.01.